The molecule has 0 saturated carbocycles. The van der Waals surface area contributed by atoms with Gasteiger partial charge in [0.25, 0.3) is 0 Å². The second kappa shape index (κ2) is 6.83. The van der Waals surface area contributed by atoms with Crippen LogP contribution in [0.25, 0.3) is 0 Å². The van der Waals surface area contributed by atoms with Crippen LogP contribution in [-0.2, 0) is 11.2 Å². The molecule has 24 heavy (non-hydrogen) atoms. The molecule has 0 unspecified atom stereocenters. The molecule has 0 radical (unpaired) electrons. The van der Waals surface area contributed by atoms with Crippen LogP contribution in [0.3, 0.4) is 0 Å². The Hall–Kier alpha value is -2.69. The van der Waals surface area contributed by atoms with E-state index in [9.17, 15) is 4.79 Å². The van der Waals surface area contributed by atoms with Crippen molar-refractivity contribution in [3.63, 3.8) is 0 Å². The van der Waals surface area contributed by atoms with Crippen molar-refractivity contribution in [2.24, 2.45) is 10.2 Å². The minimum atomic E-state index is -0.401. The Balaban J connectivity index is 2.15. The van der Waals surface area contributed by atoms with E-state index in [0.29, 0.717) is 23.6 Å². The number of esters is 1. The highest BCUT2D eigenvalue weighted by molar-refractivity contribution is 5.97. The van der Waals surface area contributed by atoms with Crippen LogP contribution >= 0.6 is 0 Å². The topological polar surface area (TPSA) is 60.2 Å². The Morgan fingerprint density at radius 3 is 2.58 bits per heavy atom. The van der Waals surface area contributed by atoms with Gasteiger partial charge in [-0.1, -0.05) is 18.2 Å². The molecule has 3 rings (SSSR count). The summed E-state index contributed by atoms with van der Waals surface area (Å²) in [4.78, 5) is 12.3. The maximum atomic E-state index is 12.3. The van der Waals surface area contributed by atoms with Crippen molar-refractivity contribution in [2.45, 2.75) is 26.7 Å². The Morgan fingerprint density at radius 1 is 1.12 bits per heavy atom. The van der Waals surface area contributed by atoms with Gasteiger partial charge < -0.3 is 9.47 Å². The molecule has 5 heteroatoms. The molecule has 0 fully saturated rings. The lowest BCUT2D eigenvalue weighted by Gasteiger charge is -2.24. The van der Waals surface area contributed by atoms with Crippen LogP contribution in [0.4, 0.5) is 11.4 Å². The van der Waals surface area contributed by atoms with Crippen molar-refractivity contribution in [1.82, 2.24) is 0 Å². The number of carbonyl (C=O) groups excluding carboxylic acids is 1. The van der Waals surface area contributed by atoms with Gasteiger partial charge in [-0.15, -0.1) is 5.11 Å². The molecule has 0 atom stereocenters. The number of azo groups is 1. The van der Waals surface area contributed by atoms with Crippen LogP contribution in [0.2, 0.25) is 0 Å². The number of nitrogens with zero attached hydrogens (tertiary/aromatic N) is 2. The molecule has 0 bridgehead atoms. The van der Waals surface area contributed by atoms with Gasteiger partial charge in [0.05, 0.1) is 25.1 Å². The highest BCUT2D eigenvalue weighted by Crippen LogP contribution is 2.41. The van der Waals surface area contributed by atoms with E-state index >= 15 is 0 Å². The zero-order valence-electron chi connectivity index (χ0n) is 14.1. The minimum Gasteiger partial charge on any atom is -0.492 e. The molecule has 0 amide bonds. The number of rotatable bonds is 3. The van der Waals surface area contributed by atoms with Crippen LogP contribution in [0, 0.1) is 13.8 Å². The first-order valence-electron chi connectivity index (χ1n) is 7.97. The summed E-state index contributed by atoms with van der Waals surface area (Å²) in [6.07, 6.45) is 1.78. The van der Waals surface area contributed by atoms with E-state index in [1.54, 1.807) is 0 Å². The van der Waals surface area contributed by atoms with Crippen LogP contribution in [0.5, 0.6) is 5.75 Å². The third-order valence-corrected chi connectivity index (χ3v) is 4.27. The van der Waals surface area contributed by atoms with E-state index in [0.717, 1.165) is 35.2 Å². The highest BCUT2D eigenvalue weighted by Gasteiger charge is 2.27. The summed E-state index contributed by atoms with van der Waals surface area (Å²) >= 11 is 0. The molecule has 2 aromatic rings. The quantitative estimate of drug-likeness (QED) is 0.600. The summed E-state index contributed by atoms with van der Waals surface area (Å²) < 4.78 is 10.7. The third-order valence-electron chi connectivity index (χ3n) is 4.27. The Bertz CT molecular complexity index is 798. The summed E-state index contributed by atoms with van der Waals surface area (Å²) in [5, 5.41) is 8.73. The molecule has 1 aliphatic heterocycles. The zero-order chi connectivity index (χ0) is 17.1. The van der Waals surface area contributed by atoms with Gasteiger partial charge in [-0.05, 0) is 49.9 Å². The van der Waals surface area contributed by atoms with Crippen LogP contribution in [0.1, 0.15) is 33.5 Å². The van der Waals surface area contributed by atoms with Gasteiger partial charge >= 0.3 is 5.97 Å². The fourth-order valence-corrected chi connectivity index (χ4v) is 3.02. The molecule has 0 aliphatic carbocycles. The number of methoxy groups -OCH3 is 1. The molecule has 1 aliphatic rings. The summed E-state index contributed by atoms with van der Waals surface area (Å²) in [5.41, 5.74) is 4.71. The fourth-order valence-electron chi connectivity index (χ4n) is 3.02. The van der Waals surface area contributed by atoms with Crippen molar-refractivity contribution >= 4 is 17.3 Å². The van der Waals surface area contributed by atoms with Crippen LogP contribution in [-0.4, -0.2) is 19.7 Å². The van der Waals surface area contributed by atoms with Crippen molar-refractivity contribution < 1.29 is 14.3 Å². The first-order chi connectivity index (χ1) is 11.6. The predicted octanol–water partition coefficient (Wildman–Crippen LogP) is 4.83. The van der Waals surface area contributed by atoms with E-state index in [4.69, 9.17) is 9.47 Å². The maximum Gasteiger partial charge on any atom is 0.342 e. The van der Waals surface area contributed by atoms with E-state index < -0.39 is 5.97 Å². The van der Waals surface area contributed by atoms with E-state index in [2.05, 4.69) is 10.2 Å². The van der Waals surface area contributed by atoms with Crippen LogP contribution < -0.4 is 4.74 Å². The molecular formula is C19H20N2O3. The highest BCUT2D eigenvalue weighted by atomic mass is 16.5. The SMILES string of the molecule is COC(=O)c1c(C)c(N=Nc2ccccc2)c(C)c2c1OCCC2. The smallest absolute Gasteiger partial charge is 0.342 e. The van der Waals surface area contributed by atoms with Crippen molar-refractivity contribution in [1.29, 1.82) is 0 Å². The number of hydrogen-bond acceptors (Lipinski definition) is 5. The van der Waals surface area contributed by atoms with Crippen molar-refractivity contribution in [3.8, 4) is 5.75 Å². The number of fused-ring (bicyclic) bond motifs is 1. The number of hydrogen-bond donors (Lipinski definition) is 0. The lowest BCUT2D eigenvalue weighted by atomic mass is 9.92. The van der Waals surface area contributed by atoms with Gasteiger partial charge in [0.15, 0.2) is 0 Å². The molecule has 124 valence electrons. The van der Waals surface area contributed by atoms with Gasteiger partial charge in [-0.3, -0.25) is 0 Å². The standard InChI is InChI=1S/C19H20N2O3/c1-12-15-10-7-11-24-18(15)16(19(22)23-3)13(2)17(12)21-20-14-8-5-4-6-9-14/h4-6,8-9H,7,10-11H2,1-3H3. The maximum absolute atomic E-state index is 12.3. The number of ether oxygens (including phenoxy) is 2. The summed E-state index contributed by atoms with van der Waals surface area (Å²) in [6.45, 7) is 4.47. The monoisotopic (exact) mass is 324 g/mol. The summed E-state index contributed by atoms with van der Waals surface area (Å²) in [5.74, 6) is 0.239. The van der Waals surface area contributed by atoms with E-state index in [-0.39, 0.29) is 0 Å². The van der Waals surface area contributed by atoms with Gasteiger partial charge in [0, 0.05) is 5.56 Å². The lowest BCUT2D eigenvalue weighted by molar-refractivity contribution is 0.0594. The first-order valence-corrected chi connectivity index (χ1v) is 7.97. The molecule has 0 N–H and O–H groups in total. The number of benzene rings is 2. The average molecular weight is 324 g/mol. The summed E-state index contributed by atoms with van der Waals surface area (Å²) in [7, 11) is 1.38. The molecule has 2 aromatic carbocycles. The normalized spacial score (nSPS) is 13.5. The molecule has 5 nitrogen and oxygen atoms in total. The number of carbonyl (C=O) groups is 1. The molecule has 0 saturated heterocycles. The average Bonchev–Trinajstić information content (AvgIpc) is 2.62. The minimum absolute atomic E-state index is 0.401. The molecule has 1 heterocycles. The second-order valence-corrected chi connectivity index (χ2v) is 5.76. The lowest BCUT2D eigenvalue weighted by Crippen LogP contribution is -2.16. The Labute approximate surface area is 141 Å². The second-order valence-electron chi connectivity index (χ2n) is 5.76. The largest absolute Gasteiger partial charge is 0.492 e. The van der Waals surface area contributed by atoms with Gasteiger partial charge in [-0.2, -0.15) is 5.11 Å². The molecule has 0 aromatic heterocycles. The molecular weight excluding hydrogens is 304 g/mol. The van der Waals surface area contributed by atoms with Crippen molar-refractivity contribution in [2.75, 3.05) is 13.7 Å². The zero-order valence-corrected chi connectivity index (χ0v) is 14.1. The predicted molar refractivity (Wildman–Crippen MR) is 91.7 cm³/mol. The fraction of sp³-hybridized carbons (Fsp3) is 0.316. The Kier molecular flexibility index (Phi) is 4.60. The van der Waals surface area contributed by atoms with Crippen molar-refractivity contribution in [3.05, 3.63) is 52.6 Å². The summed E-state index contributed by atoms with van der Waals surface area (Å²) in [6, 6.07) is 9.53. The van der Waals surface area contributed by atoms with Gasteiger partial charge in [0.2, 0.25) is 0 Å². The van der Waals surface area contributed by atoms with Gasteiger partial charge in [-0.25, -0.2) is 4.79 Å². The first kappa shape index (κ1) is 16.2. The van der Waals surface area contributed by atoms with E-state index in [1.165, 1.54) is 7.11 Å². The van der Waals surface area contributed by atoms with Crippen LogP contribution in [0.15, 0.2) is 40.6 Å². The third kappa shape index (κ3) is 2.89. The van der Waals surface area contributed by atoms with E-state index in [1.807, 2.05) is 44.2 Å². The Morgan fingerprint density at radius 2 is 1.88 bits per heavy atom. The molecule has 0 spiro atoms. The van der Waals surface area contributed by atoms with Gasteiger partial charge in [0.1, 0.15) is 11.3 Å².